The highest BCUT2D eigenvalue weighted by molar-refractivity contribution is 8.11. The monoisotopic (exact) mass is 305 g/mol. The molecule has 0 spiro atoms. The van der Waals surface area contributed by atoms with E-state index in [-0.39, 0.29) is 35.8 Å². The van der Waals surface area contributed by atoms with Crippen molar-refractivity contribution in [2.24, 2.45) is 5.92 Å². The minimum Gasteiger partial charge on any atom is -0.380 e. The van der Waals surface area contributed by atoms with Crippen molar-refractivity contribution in [2.75, 3.05) is 6.61 Å². The highest BCUT2D eigenvalue weighted by atomic mass is 32.4. The predicted molar refractivity (Wildman–Crippen MR) is 83.2 cm³/mol. The van der Waals surface area contributed by atoms with Crippen LogP contribution < -0.4 is 5.09 Å². The normalized spacial score (nSPS) is 34.9. The van der Waals surface area contributed by atoms with Crippen molar-refractivity contribution in [3.05, 3.63) is 0 Å². The van der Waals surface area contributed by atoms with Crippen molar-refractivity contribution in [3.63, 3.8) is 0 Å². The molecule has 0 amide bonds. The summed E-state index contributed by atoms with van der Waals surface area (Å²) in [4.78, 5) is 10.3. The highest BCUT2D eigenvalue weighted by Crippen LogP contribution is 2.44. The van der Waals surface area contributed by atoms with Gasteiger partial charge in [-0.15, -0.1) is 0 Å². The average molecular weight is 305 g/mol. The third-order valence-electron chi connectivity index (χ3n) is 3.44. The van der Waals surface area contributed by atoms with Gasteiger partial charge in [0.1, 0.15) is 14.3 Å². The topological polar surface area (TPSA) is 50.7 Å². The predicted octanol–water partition coefficient (Wildman–Crippen LogP) is 1.61. The summed E-state index contributed by atoms with van der Waals surface area (Å²) in [5, 5.41) is 3.21. The average Bonchev–Trinajstić information content (AvgIpc) is 2.53. The van der Waals surface area contributed by atoms with Crippen LogP contribution in [-0.4, -0.2) is 49.3 Å². The van der Waals surface area contributed by atoms with Gasteiger partial charge >= 0.3 is 0 Å². The van der Waals surface area contributed by atoms with Gasteiger partial charge in [0.2, 0.25) is 0 Å². The van der Waals surface area contributed by atoms with Crippen LogP contribution in [0.15, 0.2) is 0 Å². The molecule has 1 aliphatic heterocycles. The molecule has 1 fully saturated rings. The van der Waals surface area contributed by atoms with E-state index in [1.165, 1.54) is 0 Å². The Bertz CT molecular complexity index is 343. The zero-order valence-electron chi connectivity index (χ0n) is 12.4. The van der Waals surface area contributed by atoms with Crippen LogP contribution in [0.2, 0.25) is 0 Å². The van der Waals surface area contributed by atoms with E-state index in [0.717, 1.165) is 0 Å². The second-order valence-corrected chi connectivity index (χ2v) is 9.96. The van der Waals surface area contributed by atoms with Crippen LogP contribution in [0.5, 0.6) is 0 Å². The summed E-state index contributed by atoms with van der Waals surface area (Å²) in [5.74, 6) is 0.0917. The van der Waals surface area contributed by atoms with Crippen LogP contribution in [0.4, 0.5) is 0 Å². The summed E-state index contributed by atoms with van der Waals surface area (Å²) in [5.41, 5.74) is 0.0261. The van der Waals surface area contributed by atoms with E-state index in [4.69, 9.17) is 29.1 Å². The van der Waals surface area contributed by atoms with Crippen LogP contribution in [0.25, 0.3) is 0 Å². The molecule has 0 bridgehead atoms. The summed E-state index contributed by atoms with van der Waals surface area (Å²) >= 11 is 5.30. The third kappa shape index (κ3) is 4.80. The fraction of sp³-hybridized carbons (Fsp3) is 1.00. The minimum atomic E-state index is -2.57. The Morgan fingerprint density at radius 2 is 2.00 bits per heavy atom. The lowest BCUT2D eigenvalue weighted by atomic mass is 9.85. The smallest absolute Gasteiger partial charge is 0.129 e. The van der Waals surface area contributed by atoms with Gasteiger partial charge in [0, 0.05) is 17.7 Å². The molecule has 1 rings (SSSR count). The molecule has 0 aromatic heterocycles. The summed E-state index contributed by atoms with van der Waals surface area (Å²) in [7, 11) is 5.94. The molecular formula is C12H25BNO3PS. The maximum Gasteiger partial charge on any atom is 0.129 e. The van der Waals surface area contributed by atoms with Crippen molar-refractivity contribution in [2.45, 2.75) is 64.5 Å². The lowest BCUT2D eigenvalue weighted by Gasteiger charge is -2.30. The molecule has 110 valence electrons. The molecule has 5 atom stereocenters. The second-order valence-electron chi connectivity index (χ2n) is 5.75. The number of nitrogens with one attached hydrogen (secondary N) is 1. The summed E-state index contributed by atoms with van der Waals surface area (Å²) < 4.78 is 11.3. The van der Waals surface area contributed by atoms with E-state index in [1.807, 2.05) is 34.6 Å². The number of hydrogen-bond acceptors (Lipinski definition) is 3. The van der Waals surface area contributed by atoms with Crippen molar-refractivity contribution >= 4 is 26.1 Å². The Morgan fingerprint density at radius 3 is 2.47 bits per heavy atom. The number of ether oxygens (including phenoxy) is 2. The van der Waals surface area contributed by atoms with Gasteiger partial charge in [-0.05, 0) is 19.8 Å². The zero-order chi connectivity index (χ0) is 14.8. The molecule has 4 nitrogen and oxygen atoms in total. The second kappa shape index (κ2) is 7.01. The summed E-state index contributed by atoms with van der Waals surface area (Å²) in [6.45, 7) is 10.3. The molecule has 0 saturated carbocycles. The largest absolute Gasteiger partial charge is 0.380 e. The zero-order valence-corrected chi connectivity index (χ0v) is 14.1. The van der Waals surface area contributed by atoms with Crippen molar-refractivity contribution in [1.29, 1.82) is 0 Å². The standard InChI is InChI=1S/C12H25BNO3PS/c1-7(2)16-6-10-11(9(5)12(13)17-10)14-18(15,19)8(3)4/h7-12H,6H2,1-5H3,(H2,14,15,19)/t9-,10+,11?,12+,18?/m0/s1. The maximum absolute atomic E-state index is 10.3. The number of rotatable bonds is 6. The molecular weight excluding hydrogens is 280 g/mol. The minimum absolute atomic E-state index is 0.0261. The number of hydrogen-bond donors (Lipinski definition) is 2. The van der Waals surface area contributed by atoms with E-state index in [0.29, 0.717) is 6.61 Å². The van der Waals surface area contributed by atoms with E-state index < -0.39 is 6.42 Å². The molecule has 19 heavy (non-hydrogen) atoms. The van der Waals surface area contributed by atoms with Crippen LogP contribution >= 0.6 is 6.42 Å². The van der Waals surface area contributed by atoms with Crippen LogP contribution in [0.1, 0.15) is 34.6 Å². The lowest BCUT2D eigenvalue weighted by Crippen LogP contribution is -2.42. The first kappa shape index (κ1) is 17.6. The van der Waals surface area contributed by atoms with Gasteiger partial charge in [0.25, 0.3) is 0 Å². The first-order valence-corrected chi connectivity index (χ1v) is 9.60. The van der Waals surface area contributed by atoms with Gasteiger partial charge in [-0.3, -0.25) is 5.09 Å². The summed E-state index contributed by atoms with van der Waals surface area (Å²) in [6.07, 6.45) is -2.60. The molecule has 1 saturated heterocycles. The quantitative estimate of drug-likeness (QED) is 0.577. The molecule has 2 unspecified atom stereocenters. The SMILES string of the molecule is [B][C@@H]1O[C@H](COC(C)C)C(NP(O)(=S)C(C)C)[C@@H]1C. The van der Waals surface area contributed by atoms with E-state index >= 15 is 0 Å². The van der Waals surface area contributed by atoms with Gasteiger partial charge in [-0.1, -0.05) is 32.6 Å². The maximum atomic E-state index is 10.3. The van der Waals surface area contributed by atoms with Crippen LogP contribution in [0.3, 0.4) is 0 Å². The van der Waals surface area contributed by atoms with Gasteiger partial charge in [0.05, 0.1) is 18.8 Å². The molecule has 0 aliphatic carbocycles. The molecule has 1 heterocycles. The van der Waals surface area contributed by atoms with Gasteiger partial charge in [-0.2, -0.15) is 0 Å². The van der Waals surface area contributed by atoms with Crippen LogP contribution in [0, 0.1) is 5.92 Å². The highest BCUT2D eigenvalue weighted by Gasteiger charge is 2.41. The Hall–Kier alpha value is 0.555. The van der Waals surface area contributed by atoms with E-state index in [1.54, 1.807) is 0 Å². The Balaban J connectivity index is 2.72. The first-order valence-electron chi connectivity index (χ1n) is 6.78. The van der Waals surface area contributed by atoms with Gasteiger partial charge in [-0.25, -0.2) is 0 Å². The Labute approximate surface area is 123 Å². The van der Waals surface area contributed by atoms with Crippen molar-refractivity contribution in [3.8, 4) is 0 Å². The fourth-order valence-electron chi connectivity index (χ4n) is 1.95. The van der Waals surface area contributed by atoms with E-state index in [2.05, 4.69) is 5.09 Å². The van der Waals surface area contributed by atoms with Crippen molar-refractivity contribution in [1.82, 2.24) is 5.09 Å². The van der Waals surface area contributed by atoms with Gasteiger partial charge < -0.3 is 14.4 Å². The molecule has 7 heteroatoms. The van der Waals surface area contributed by atoms with Gasteiger partial charge in [0.15, 0.2) is 0 Å². The lowest BCUT2D eigenvalue weighted by molar-refractivity contribution is -0.0210. The molecule has 0 aromatic rings. The summed E-state index contributed by atoms with van der Waals surface area (Å²) in [6, 6.07) is -0.410. The molecule has 2 radical (unpaired) electrons. The third-order valence-corrected chi connectivity index (χ3v) is 7.09. The molecule has 1 aliphatic rings. The fourth-order valence-corrected chi connectivity index (χ4v) is 3.44. The molecule has 2 N–H and O–H groups in total. The molecule has 0 aromatic carbocycles. The Kier molecular flexibility index (Phi) is 6.50. The van der Waals surface area contributed by atoms with E-state index in [9.17, 15) is 4.89 Å². The first-order chi connectivity index (χ1) is 8.65. The van der Waals surface area contributed by atoms with Crippen LogP contribution in [-0.2, 0) is 21.3 Å². The van der Waals surface area contributed by atoms with Crippen molar-refractivity contribution < 1.29 is 14.4 Å². The Morgan fingerprint density at radius 1 is 1.42 bits per heavy atom.